The lowest BCUT2D eigenvalue weighted by Gasteiger charge is -2.36. The van der Waals surface area contributed by atoms with Crippen molar-refractivity contribution in [3.63, 3.8) is 0 Å². The molecule has 0 aliphatic carbocycles. The minimum absolute atomic E-state index is 0.186. The molecule has 0 radical (unpaired) electrons. The molecule has 1 amide bonds. The van der Waals surface area contributed by atoms with Crippen molar-refractivity contribution in [1.29, 1.82) is 0 Å². The number of nitrogens with one attached hydrogen (secondary N) is 1. The normalized spacial score (nSPS) is 18.8. The number of rotatable bonds is 3. The maximum atomic E-state index is 12.6. The van der Waals surface area contributed by atoms with E-state index in [1.165, 1.54) is 6.26 Å². The summed E-state index contributed by atoms with van der Waals surface area (Å²) in [6.07, 6.45) is 1.41. The summed E-state index contributed by atoms with van der Waals surface area (Å²) in [5.41, 5.74) is 1.59. The van der Waals surface area contributed by atoms with E-state index >= 15 is 0 Å². The minimum Gasteiger partial charge on any atom is -0.485 e. The maximum absolute atomic E-state index is 12.6. The van der Waals surface area contributed by atoms with Crippen LogP contribution in [0.2, 0.25) is 0 Å². The number of aliphatic hydroxyl groups excluding tert-OH is 1. The fraction of sp³-hybridized carbons (Fsp3) is 0.421. The van der Waals surface area contributed by atoms with E-state index in [9.17, 15) is 9.90 Å². The average molecular weight is 329 g/mol. The minimum atomic E-state index is -0.615. The van der Waals surface area contributed by atoms with Gasteiger partial charge in [-0.25, -0.2) is 0 Å². The van der Waals surface area contributed by atoms with E-state index in [1.54, 1.807) is 12.1 Å². The quantitative estimate of drug-likeness (QED) is 0.883. The van der Waals surface area contributed by atoms with E-state index in [2.05, 4.69) is 5.32 Å². The lowest BCUT2D eigenvalue weighted by Crippen LogP contribution is -2.35. The highest BCUT2D eigenvalue weighted by Gasteiger charge is 2.34. The predicted molar refractivity (Wildman–Crippen MR) is 91.5 cm³/mol. The molecule has 0 bridgehead atoms. The second-order valence-corrected chi connectivity index (χ2v) is 7.12. The molecule has 128 valence electrons. The van der Waals surface area contributed by atoms with E-state index in [1.807, 2.05) is 39.8 Å². The number of carbonyl (C=O) groups excluding carboxylic acids is 1. The van der Waals surface area contributed by atoms with Crippen LogP contribution in [-0.4, -0.2) is 16.6 Å². The summed E-state index contributed by atoms with van der Waals surface area (Å²) < 4.78 is 11.4. The number of ether oxygens (including phenoxy) is 1. The fourth-order valence-electron chi connectivity index (χ4n) is 3.06. The van der Waals surface area contributed by atoms with Crippen LogP contribution in [0.3, 0.4) is 0 Å². The molecule has 0 saturated heterocycles. The van der Waals surface area contributed by atoms with E-state index < -0.39 is 11.7 Å². The van der Waals surface area contributed by atoms with Crippen LogP contribution in [0.1, 0.15) is 67.8 Å². The molecule has 0 spiro atoms. The second kappa shape index (κ2) is 5.98. The van der Waals surface area contributed by atoms with Crippen LogP contribution >= 0.6 is 0 Å². The molecule has 1 atom stereocenters. The summed E-state index contributed by atoms with van der Waals surface area (Å²) in [7, 11) is 0. The van der Waals surface area contributed by atoms with Crippen molar-refractivity contribution in [1.82, 2.24) is 0 Å². The highest BCUT2D eigenvalue weighted by Crippen LogP contribution is 2.43. The summed E-state index contributed by atoms with van der Waals surface area (Å²) in [6.45, 7) is 7.85. The number of furan rings is 1. The van der Waals surface area contributed by atoms with Crippen LogP contribution in [0.15, 0.2) is 34.9 Å². The van der Waals surface area contributed by atoms with Gasteiger partial charge in [-0.1, -0.05) is 26.0 Å². The highest BCUT2D eigenvalue weighted by atomic mass is 16.5. The number of hydrogen-bond donors (Lipinski definition) is 2. The Balaban J connectivity index is 1.93. The zero-order chi connectivity index (χ0) is 17.5. The Kier molecular flexibility index (Phi) is 4.13. The van der Waals surface area contributed by atoms with Gasteiger partial charge in [-0.05, 0) is 31.9 Å². The number of aliphatic hydroxyl groups is 1. The predicted octanol–water partition coefficient (Wildman–Crippen LogP) is 4.25. The molecule has 0 saturated carbocycles. The third-order valence-electron chi connectivity index (χ3n) is 4.24. The molecule has 3 rings (SSSR count). The molecule has 5 heteroatoms. The van der Waals surface area contributed by atoms with Crippen LogP contribution < -0.4 is 10.1 Å². The third-order valence-corrected chi connectivity index (χ3v) is 4.24. The first kappa shape index (κ1) is 16.6. The highest BCUT2D eigenvalue weighted by molar-refractivity contribution is 6.04. The molecule has 2 aromatic rings. The molecule has 0 fully saturated rings. The maximum Gasteiger partial charge on any atom is 0.291 e. The van der Waals surface area contributed by atoms with Gasteiger partial charge in [-0.15, -0.1) is 0 Å². The van der Waals surface area contributed by atoms with Gasteiger partial charge in [0.1, 0.15) is 11.4 Å². The number of anilines is 1. The number of benzene rings is 1. The van der Waals surface area contributed by atoms with E-state index in [-0.39, 0.29) is 11.8 Å². The van der Waals surface area contributed by atoms with Crippen LogP contribution in [0.5, 0.6) is 5.75 Å². The van der Waals surface area contributed by atoms with Crippen molar-refractivity contribution in [3.8, 4) is 5.75 Å². The first-order chi connectivity index (χ1) is 11.3. The largest absolute Gasteiger partial charge is 0.485 e. The monoisotopic (exact) mass is 329 g/mol. The topological polar surface area (TPSA) is 71.7 Å². The summed E-state index contributed by atoms with van der Waals surface area (Å²) in [5.74, 6) is 0.690. The zero-order valence-corrected chi connectivity index (χ0v) is 14.4. The van der Waals surface area contributed by atoms with E-state index in [0.29, 0.717) is 29.2 Å². The van der Waals surface area contributed by atoms with Crippen molar-refractivity contribution in [2.45, 2.75) is 51.7 Å². The van der Waals surface area contributed by atoms with Gasteiger partial charge in [0.25, 0.3) is 5.91 Å². The molecule has 5 nitrogen and oxygen atoms in total. The zero-order valence-electron chi connectivity index (χ0n) is 14.4. The number of fused-ring (bicyclic) bond motifs is 1. The summed E-state index contributed by atoms with van der Waals surface area (Å²) in [5, 5.41) is 13.2. The summed E-state index contributed by atoms with van der Waals surface area (Å²) in [4.78, 5) is 12.6. The summed E-state index contributed by atoms with van der Waals surface area (Å²) in [6, 6.07) is 7.19. The van der Waals surface area contributed by atoms with Crippen molar-refractivity contribution < 1.29 is 19.1 Å². The van der Waals surface area contributed by atoms with Crippen molar-refractivity contribution in [2.75, 3.05) is 5.32 Å². The number of hydrogen-bond acceptors (Lipinski definition) is 4. The Labute approximate surface area is 141 Å². The Morgan fingerprint density at radius 2 is 2.08 bits per heavy atom. The number of carbonyl (C=O) groups is 1. The van der Waals surface area contributed by atoms with Gasteiger partial charge in [0.15, 0.2) is 5.76 Å². The molecule has 1 aromatic carbocycles. The number of amides is 1. The smallest absolute Gasteiger partial charge is 0.291 e. The SMILES string of the molecule is CC(C)c1ccoc1C(=O)Nc1cccc2c1OC(C)(C)CC2O. The van der Waals surface area contributed by atoms with E-state index in [0.717, 1.165) is 5.56 Å². The van der Waals surface area contributed by atoms with Gasteiger partial charge < -0.3 is 19.6 Å². The molecule has 24 heavy (non-hydrogen) atoms. The molecular formula is C19H23NO4. The Morgan fingerprint density at radius 3 is 2.79 bits per heavy atom. The van der Waals surface area contributed by atoms with E-state index in [4.69, 9.17) is 9.15 Å². The average Bonchev–Trinajstić information content (AvgIpc) is 2.97. The molecular weight excluding hydrogens is 306 g/mol. The molecule has 1 unspecified atom stereocenters. The first-order valence-corrected chi connectivity index (χ1v) is 8.17. The molecule has 2 heterocycles. The third kappa shape index (κ3) is 3.04. The van der Waals surface area contributed by atoms with Crippen LogP contribution in [0, 0.1) is 0 Å². The number of para-hydroxylation sites is 1. The van der Waals surface area contributed by atoms with Crippen LogP contribution in [-0.2, 0) is 0 Å². The Hall–Kier alpha value is -2.27. The standard InChI is InChI=1S/C19H23NO4/c1-11(2)12-8-9-23-17(12)18(22)20-14-7-5-6-13-15(21)10-19(3,4)24-16(13)14/h5-9,11,15,21H,10H2,1-4H3,(H,20,22). The lowest BCUT2D eigenvalue weighted by atomic mass is 9.91. The van der Waals surface area contributed by atoms with Gasteiger partial charge >= 0.3 is 0 Å². The van der Waals surface area contributed by atoms with Crippen LogP contribution in [0.25, 0.3) is 0 Å². The molecule has 2 N–H and O–H groups in total. The second-order valence-electron chi connectivity index (χ2n) is 7.12. The Bertz CT molecular complexity index is 760. The first-order valence-electron chi connectivity index (χ1n) is 8.17. The summed E-state index contributed by atoms with van der Waals surface area (Å²) >= 11 is 0. The van der Waals surface area contributed by atoms with Gasteiger partial charge in [0, 0.05) is 17.5 Å². The van der Waals surface area contributed by atoms with Crippen molar-refractivity contribution in [2.24, 2.45) is 0 Å². The molecule has 1 aliphatic heterocycles. The molecule has 1 aliphatic rings. The van der Waals surface area contributed by atoms with Crippen molar-refractivity contribution in [3.05, 3.63) is 47.4 Å². The molecule has 1 aromatic heterocycles. The lowest BCUT2D eigenvalue weighted by molar-refractivity contribution is 0.0121. The van der Waals surface area contributed by atoms with Gasteiger partial charge in [-0.3, -0.25) is 4.79 Å². The fourth-order valence-corrected chi connectivity index (χ4v) is 3.06. The van der Waals surface area contributed by atoms with Crippen LogP contribution in [0.4, 0.5) is 5.69 Å². The van der Waals surface area contributed by atoms with Gasteiger partial charge in [-0.2, -0.15) is 0 Å². The van der Waals surface area contributed by atoms with Crippen molar-refractivity contribution >= 4 is 11.6 Å². The van der Waals surface area contributed by atoms with Gasteiger partial charge in [0.2, 0.25) is 0 Å². The Morgan fingerprint density at radius 1 is 1.33 bits per heavy atom. The van der Waals surface area contributed by atoms with Gasteiger partial charge in [0.05, 0.1) is 18.1 Å².